The summed E-state index contributed by atoms with van der Waals surface area (Å²) in [5, 5.41) is 3.28. The van der Waals surface area contributed by atoms with Crippen LogP contribution in [0.25, 0.3) is 10.9 Å². The number of benzene rings is 2. The van der Waals surface area contributed by atoms with Crippen molar-refractivity contribution in [2.75, 3.05) is 13.2 Å². The van der Waals surface area contributed by atoms with Gasteiger partial charge in [-0.1, -0.05) is 36.4 Å². The summed E-state index contributed by atoms with van der Waals surface area (Å²) in [6.07, 6.45) is 1.30. The molecule has 0 saturated carbocycles. The molecular weight excluding hydrogens is 392 g/mol. The number of fused-ring (bicyclic) bond motifs is 3. The Bertz CT molecular complexity index is 1180. The van der Waals surface area contributed by atoms with Gasteiger partial charge < -0.3 is 14.6 Å². The van der Waals surface area contributed by atoms with E-state index in [1.54, 1.807) is 11.3 Å². The van der Waals surface area contributed by atoms with Gasteiger partial charge in [0.1, 0.15) is 5.75 Å². The van der Waals surface area contributed by atoms with Gasteiger partial charge >= 0.3 is 0 Å². The second kappa shape index (κ2) is 8.00. The van der Waals surface area contributed by atoms with Crippen molar-refractivity contribution in [1.29, 1.82) is 0 Å². The van der Waals surface area contributed by atoms with Crippen LogP contribution in [0.1, 0.15) is 34.7 Å². The number of nitrogens with one attached hydrogen (secondary N) is 1. The van der Waals surface area contributed by atoms with Crippen molar-refractivity contribution in [1.82, 2.24) is 9.88 Å². The van der Waals surface area contributed by atoms with E-state index in [1.165, 1.54) is 10.9 Å². The molecule has 1 atom stereocenters. The molecule has 0 fully saturated rings. The summed E-state index contributed by atoms with van der Waals surface area (Å²) in [5.41, 5.74) is 4.64. The minimum atomic E-state index is -0.144. The first kappa shape index (κ1) is 18.9. The van der Waals surface area contributed by atoms with Gasteiger partial charge in [0, 0.05) is 28.0 Å². The molecule has 3 heterocycles. The number of aromatic nitrogens is 1. The first-order valence-corrected chi connectivity index (χ1v) is 11.3. The third-order valence-electron chi connectivity index (χ3n) is 5.75. The van der Waals surface area contributed by atoms with Gasteiger partial charge in [0.25, 0.3) is 0 Å². The molecule has 0 saturated heterocycles. The molecule has 5 rings (SSSR count). The van der Waals surface area contributed by atoms with Crippen LogP contribution in [0.5, 0.6) is 5.75 Å². The van der Waals surface area contributed by atoms with Crippen LogP contribution in [0.4, 0.5) is 0 Å². The summed E-state index contributed by atoms with van der Waals surface area (Å²) < 4.78 is 5.75. The monoisotopic (exact) mass is 416 g/mol. The third kappa shape index (κ3) is 3.39. The van der Waals surface area contributed by atoms with E-state index in [0.29, 0.717) is 19.6 Å². The quantitative estimate of drug-likeness (QED) is 0.477. The number of thiophene rings is 1. The number of hydrogen-bond donors (Lipinski definition) is 1. The lowest BCUT2D eigenvalue weighted by atomic mass is 9.92. The molecule has 4 nitrogen and oxygen atoms in total. The average Bonchev–Trinajstić information content (AvgIpc) is 3.41. The normalized spacial score (nSPS) is 15.9. The van der Waals surface area contributed by atoms with Gasteiger partial charge in [0.05, 0.1) is 19.1 Å². The minimum Gasteiger partial charge on any atom is -0.494 e. The van der Waals surface area contributed by atoms with E-state index in [4.69, 9.17) is 4.74 Å². The Labute approximate surface area is 180 Å². The van der Waals surface area contributed by atoms with Crippen LogP contribution in [0.3, 0.4) is 0 Å². The molecule has 4 aromatic rings. The van der Waals surface area contributed by atoms with Crippen molar-refractivity contribution in [3.63, 3.8) is 0 Å². The molecule has 1 N–H and O–H groups in total. The Hall–Kier alpha value is -3.05. The highest BCUT2D eigenvalue weighted by Gasteiger charge is 2.34. The second-order valence-corrected chi connectivity index (χ2v) is 8.60. The van der Waals surface area contributed by atoms with Crippen LogP contribution in [0, 0.1) is 0 Å². The Morgan fingerprint density at radius 3 is 2.90 bits per heavy atom. The summed E-state index contributed by atoms with van der Waals surface area (Å²) >= 11 is 1.64. The number of nitrogens with zero attached hydrogens (tertiary/aromatic N) is 1. The van der Waals surface area contributed by atoms with Gasteiger partial charge in [0.2, 0.25) is 5.91 Å². The SMILES string of the molecule is CCOc1cccc([C@@H]2c3[nH]c4ccccc4c3CCN2C(=O)Cc2cccs2)c1. The van der Waals surface area contributed by atoms with E-state index in [-0.39, 0.29) is 11.9 Å². The molecule has 152 valence electrons. The zero-order chi connectivity index (χ0) is 20.5. The van der Waals surface area contributed by atoms with E-state index in [2.05, 4.69) is 41.4 Å². The summed E-state index contributed by atoms with van der Waals surface area (Å²) in [4.78, 5) is 20.1. The number of carbonyl (C=O) groups excluding carboxylic acids is 1. The number of rotatable bonds is 5. The van der Waals surface area contributed by atoms with Crippen molar-refractivity contribution in [2.24, 2.45) is 0 Å². The lowest BCUT2D eigenvalue weighted by molar-refractivity contribution is -0.132. The number of hydrogen-bond acceptors (Lipinski definition) is 3. The summed E-state index contributed by atoms with van der Waals surface area (Å²) in [6, 6.07) is 20.4. The topological polar surface area (TPSA) is 45.3 Å². The van der Waals surface area contributed by atoms with Gasteiger partial charge in [0.15, 0.2) is 0 Å². The summed E-state index contributed by atoms with van der Waals surface area (Å²) in [7, 11) is 0. The molecule has 0 spiro atoms. The maximum Gasteiger partial charge on any atom is 0.228 e. The number of H-pyrrole nitrogens is 1. The van der Waals surface area contributed by atoms with Crippen LogP contribution in [-0.2, 0) is 17.6 Å². The van der Waals surface area contributed by atoms with Crippen molar-refractivity contribution >= 4 is 28.1 Å². The number of para-hydroxylation sites is 1. The van der Waals surface area contributed by atoms with E-state index < -0.39 is 0 Å². The Balaban J connectivity index is 1.60. The molecule has 30 heavy (non-hydrogen) atoms. The number of ether oxygens (including phenoxy) is 1. The van der Waals surface area contributed by atoms with Crippen LogP contribution in [0.15, 0.2) is 66.0 Å². The second-order valence-electron chi connectivity index (χ2n) is 7.56. The standard InChI is InChI=1S/C25H24N2O2S/c1-2-29-18-8-5-7-17(15-18)25-24-21(20-10-3-4-11-22(20)26-24)12-13-27(25)23(28)16-19-9-6-14-30-19/h3-11,14-15,25-26H,2,12-13,16H2,1H3/t25-/m1/s1. The molecular formula is C25H24N2O2S. The molecule has 0 radical (unpaired) electrons. The van der Waals surface area contributed by atoms with Crippen LogP contribution in [0.2, 0.25) is 0 Å². The molecule has 1 aliphatic rings. The Morgan fingerprint density at radius 1 is 1.17 bits per heavy atom. The molecule has 1 amide bonds. The average molecular weight is 417 g/mol. The maximum absolute atomic E-state index is 13.4. The zero-order valence-corrected chi connectivity index (χ0v) is 17.7. The fourth-order valence-corrected chi connectivity index (χ4v) is 5.16. The lowest BCUT2D eigenvalue weighted by Crippen LogP contribution is -2.41. The number of carbonyl (C=O) groups is 1. The predicted molar refractivity (Wildman–Crippen MR) is 121 cm³/mol. The van der Waals surface area contributed by atoms with Gasteiger partial charge in [-0.3, -0.25) is 4.79 Å². The van der Waals surface area contributed by atoms with Crippen molar-refractivity contribution in [3.8, 4) is 5.75 Å². The summed E-state index contributed by atoms with van der Waals surface area (Å²) in [6.45, 7) is 3.31. The highest BCUT2D eigenvalue weighted by molar-refractivity contribution is 7.10. The van der Waals surface area contributed by atoms with E-state index in [9.17, 15) is 4.79 Å². The number of aromatic amines is 1. The van der Waals surface area contributed by atoms with Gasteiger partial charge in [-0.05, 0) is 54.1 Å². The first-order valence-electron chi connectivity index (χ1n) is 10.4. The fraction of sp³-hybridized carbons (Fsp3) is 0.240. The largest absolute Gasteiger partial charge is 0.494 e. The van der Waals surface area contributed by atoms with Gasteiger partial charge in [-0.25, -0.2) is 0 Å². The molecule has 0 bridgehead atoms. The zero-order valence-electron chi connectivity index (χ0n) is 16.9. The van der Waals surface area contributed by atoms with E-state index in [1.807, 2.05) is 41.5 Å². The molecule has 2 aromatic heterocycles. The lowest BCUT2D eigenvalue weighted by Gasteiger charge is -2.36. The minimum absolute atomic E-state index is 0.144. The maximum atomic E-state index is 13.4. The molecule has 1 aliphatic heterocycles. The first-order chi connectivity index (χ1) is 14.7. The van der Waals surface area contributed by atoms with E-state index >= 15 is 0 Å². The third-order valence-corrected chi connectivity index (χ3v) is 6.62. The molecule has 2 aromatic carbocycles. The van der Waals surface area contributed by atoms with E-state index in [0.717, 1.165) is 33.8 Å². The van der Waals surface area contributed by atoms with Crippen LogP contribution < -0.4 is 4.74 Å². The van der Waals surface area contributed by atoms with Crippen molar-refractivity contribution < 1.29 is 9.53 Å². The number of amides is 1. The summed E-state index contributed by atoms with van der Waals surface area (Å²) in [5.74, 6) is 0.998. The van der Waals surface area contributed by atoms with Crippen molar-refractivity contribution in [2.45, 2.75) is 25.8 Å². The predicted octanol–water partition coefficient (Wildman–Crippen LogP) is 5.34. The van der Waals surface area contributed by atoms with Gasteiger partial charge in [-0.2, -0.15) is 0 Å². The Kier molecular flexibility index (Phi) is 5.05. The van der Waals surface area contributed by atoms with Crippen LogP contribution >= 0.6 is 11.3 Å². The molecule has 0 unspecified atom stereocenters. The van der Waals surface area contributed by atoms with Gasteiger partial charge in [-0.15, -0.1) is 11.3 Å². The highest BCUT2D eigenvalue weighted by atomic mass is 32.1. The molecule has 5 heteroatoms. The highest BCUT2D eigenvalue weighted by Crippen LogP contribution is 2.39. The van der Waals surface area contributed by atoms with Crippen LogP contribution in [-0.4, -0.2) is 28.9 Å². The van der Waals surface area contributed by atoms with Crippen molar-refractivity contribution in [3.05, 3.63) is 87.7 Å². The molecule has 0 aliphatic carbocycles. The smallest absolute Gasteiger partial charge is 0.228 e. The Morgan fingerprint density at radius 2 is 2.07 bits per heavy atom. The fourth-order valence-electron chi connectivity index (χ4n) is 4.46.